The van der Waals surface area contributed by atoms with Crippen LogP contribution in [0.1, 0.15) is 54.6 Å². The number of rotatable bonds is 4. The lowest BCUT2D eigenvalue weighted by atomic mass is 10.0. The zero-order valence-corrected chi connectivity index (χ0v) is 18.1. The number of piperidine rings is 1. The zero-order chi connectivity index (χ0) is 20.4. The molecule has 1 N–H and O–H groups in total. The average molecular weight is 431 g/mol. The second-order valence-electron chi connectivity index (χ2n) is 7.69. The first-order valence-corrected chi connectivity index (χ1v) is 12.5. The van der Waals surface area contributed by atoms with Gasteiger partial charge in [-0.3, -0.25) is 4.79 Å². The Bertz CT molecular complexity index is 989. The molecule has 4 rings (SSSR count). The van der Waals surface area contributed by atoms with Crippen molar-refractivity contribution in [1.82, 2.24) is 9.62 Å². The predicted octanol–water partition coefficient (Wildman–Crippen LogP) is 4.22. The van der Waals surface area contributed by atoms with E-state index in [9.17, 15) is 13.2 Å². The van der Waals surface area contributed by atoms with Crippen molar-refractivity contribution in [3.63, 3.8) is 0 Å². The van der Waals surface area contributed by atoms with Gasteiger partial charge in [0.05, 0.1) is 10.9 Å². The van der Waals surface area contributed by atoms with E-state index >= 15 is 0 Å². The molecule has 0 aromatic heterocycles. The minimum atomic E-state index is -3.52. The summed E-state index contributed by atoms with van der Waals surface area (Å²) in [6.07, 6.45) is 3.73. The van der Waals surface area contributed by atoms with Crippen LogP contribution in [-0.2, 0) is 10.0 Å². The summed E-state index contributed by atoms with van der Waals surface area (Å²) in [6, 6.07) is 14.5. The third-order valence-corrected chi connectivity index (χ3v) is 8.88. The van der Waals surface area contributed by atoms with Crippen molar-refractivity contribution in [2.75, 3.05) is 12.3 Å². The summed E-state index contributed by atoms with van der Waals surface area (Å²) >= 11 is 1.81. The SMILES string of the molecule is CC1CCCCN1S(=O)(=O)c1ccc(C(=O)NC2CCSc3ccccc32)cc1. The second-order valence-corrected chi connectivity index (χ2v) is 10.7. The summed E-state index contributed by atoms with van der Waals surface area (Å²) in [5.74, 6) is 0.791. The fourth-order valence-electron chi connectivity index (χ4n) is 4.08. The molecule has 0 bridgehead atoms. The van der Waals surface area contributed by atoms with Crippen molar-refractivity contribution in [1.29, 1.82) is 0 Å². The maximum Gasteiger partial charge on any atom is 0.251 e. The fraction of sp³-hybridized carbons (Fsp3) is 0.409. The van der Waals surface area contributed by atoms with E-state index in [0.717, 1.165) is 37.0 Å². The Hall–Kier alpha value is -1.83. The van der Waals surface area contributed by atoms with Crippen molar-refractivity contribution in [2.45, 2.75) is 54.5 Å². The van der Waals surface area contributed by atoms with Crippen LogP contribution in [0.25, 0.3) is 0 Å². The van der Waals surface area contributed by atoms with Gasteiger partial charge in [-0.25, -0.2) is 8.42 Å². The minimum Gasteiger partial charge on any atom is -0.345 e. The molecule has 2 aliphatic heterocycles. The molecule has 0 saturated carbocycles. The molecular formula is C22H26N2O3S2. The van der Waals surface area contributed by atoms with Gasteiger partial charge >= 0.3 is 0 Å². The van der Waals surface area contributed by atoms with E-state index < -0.39 is 10.0 Å². The molecule has 2 atom stereocenters. The lowest BCUT2D eigenvalue weighted by Gasteiger charge is -2.32. The lowest BCUT2D eigenvalue weighted by molar-refractivity contribution is 0.0935. The van der Waals surface area contributed by atoms with Gasteiger partial charge in [0.25, 0.3) is 5.91 Å². The Labute approximate surface area is 176 Å². The number of hydrogen-bond acceptors (Lipinski definition) is 4. The van der Waals surface area contributed by atoms with Crippen molar-refractivity contribution in [3.8, 4) is 0 Å². The third kappa shape index (κ3) is 4.22. The number of sulfonamides is 1. The summed E-state index contributed by atoms with van der Waals surface area (Å²) in [7, 11) is -3.52. The van der Waals surface area contributed by atoms with E-state index in [0.29, 0.717) is 12.1 Å². The zero-order valence-electron chi connectivity index (χ0n) is 16.5. The minimum absolute atomic E-state index is 0.0148. The largest absolute Gasteiger partial charge is 0.345 e. The maximum atomic E-state index is 13.0. The molecule has 7 heteroatoms. The first-order chi connectivity index (χ1) is 14.0. The lowest BCUT2D eigenvalue weighted by Crippen LogP contribution is -2.41. The summed E-state index contributed by atoms with van der Waals surface area (Å²) < 4.78 is 27.5. The summed E-state index contributed by atoms with van der Waals surface area (Å²) in [6.45, 7) is 2.52. The Morgan fingerprint density at radius 3 is 2.59 bits per heavy atom. The molecule has 0 radical (unpaired) electrons. The number of thioether (sulfide) groups is 1. The first-order valence-electron chi connectivity index (χ1n) is 10.1. The highest BCUT2D eigenvalue weighted by molar-refractivity contribution is 7.99. The molecule has 1 fully saturated rings. The van der Waals surface area contributed by atoms with Crippen LogP contribution in [0.3, 0.4) is 0 Å². The molecular weight excluding hydrogens is 404 g/mol. The molecule has 1 saturated heterocycles. The quantitative estimate of drug-likeness (QED) is 0.789. The molecule has 5 nitrogen and oxygen atoms in total. The average Bonchev–Trinajstić information content (AvgIpc) is 2.74. The number of fused-ring (bicyclic) bond motifs is 1. The van der Waals surface area contributed by atoms with Crippen molar-refractivity contribution in [3.05, 3.63) is 59.7 Å². The van der Waals surface area contributed by atoms with Crippen LogP contribution in [-0.4, -0.2) is 37.0 Å². The van der Waals surface area contributed by atoms with E-state index in [1.165, 1.54) is 4.90 Å². The summed E-state index contributed by atoms with van der Waals surface area (Å²) in [5, 5.41) is 3.11. The van der Waals surface area contributed by atoms with Crippen LogP contribution in [0, 0.1) is 0 Å². The smallest absolute Gasteiger partial charge is 0.251 e. The van der Waals surface area contributed by atoms with Gasteiger partial charge in [0, 0.05) is 28.8 Å². The van der Waals surface area contributed by atoms with Crippen LogP contribution in [0.15, 0.2) is 58.3 Å². The number of nitrogens with zero attached hydrogens (tertiary/aromatic N) is 1. The van der Waals surface area contributed by atoms with Crippen molar-refractivity contribution >= 4 is 27.7 Å². The van der Waals surface area contributed by atoms with Crippen LogP contribution in [0.4, 0.5) is 0 Å². The molecule has 2 aromatic rings. The van der Waals surface area contributed by atoms with Gasteiger partial charge in [-0.1, -0.05) is 24.6 Å². The van der Waals surface area contributed by atoms with Crippen LogP contribution >= 0.6 is 11.8 Å². The van der Waals surface area contributed by atoms with Gasteiger partial charge in [-0.15, -0.1) is 11.8 Å². The van der Waals surface area contributed by atoms with E-state index in [2.05, 4.69) is 17.4 Å². The molecule has 0 aliphatic carbocycles. The van der Waals surface area contributed by atoms with Crippen molar-refractivity contribution in [2.24, 2.45) is 0 Å². The van der Waals surface area contributed by atoms with Gasteiger partial charge in [0.1, 0.15) is 0 Å². The van der Waals surface area contributed by atoms with Gasteiger partial charge in [-0.05, 0) is 62.1 Å². The molecule has 2 aliphatic rings. The standard InChI is InChI=1S/C22H26N2O3S2/c1-16-6-4-5-14-24(16)29(26,27)18-11-9-17(10-12-18)22(25)23-20-13-15-28-21-8-3-2-7-19(20)21/h2-3,7-12,16,20H,4-6,13-15H2,1H3,(H,23,25). The number of nitrogens with one attached hydrogen (secondary N) is 1. The molecule has 0 spiro atoms. The highest BCUT2D eigenvalue weighted by atomic mass is 32.2. The van der Waals surface area contributed by atoms with E-state index in [-0.39, 0.29) is 22.9 Å². The van der Waals surface area contributed by atoms with Crippen molar-refractivity contribution < 1.29 is 13.2 Å². The van der Waals surface area contributed by atoms with E-state index in [4.69, 9.17) is 0 Å². The Morgan fingerprint density at radius 2 is 1.83 bits per heavy atom. The molecule has 2 heterocycles. The third-order valence-electron chi connectivity index (χ3n) is 5.73. The number of hydrogen-bond donors (Lipinski definition) is 1. The monoisotopic (exact) mass is 430 g/mol. The number of carbonyl (C=O) groups excluding carboxylic acids is 1. The van der Waals surface area contributed by atoms with Crippen LogP contribution in [0.5, 0.6) is 0 Å². The Morgan fingerprint density at radius 1 is 1.07 bits per heavy atom. The normalized spacial score (nSPS) is 22.7. The van der Waals surface area contributed by atoms with Gasteiger partial charge in [0.15, 0.2) is 0 Å². The summed E-state index contributed by atoms with van der Waals surface area (Å²) in [4.78, 5) is 14.2. The maximum absolute atomic E-state index is 13.0. The fourth-order valence-corrected chi connectivity index (χ4v) is 6.90. The second kappa shape index (κ2) is 8.50. The highest BCUT2D eigenvalue weighted by Crippen LogP contribution is 2.36. The van der Waals surface area contributed by atoms with E-state index in [1.807, 2.05) is 30.8 Å². The number of carbonyl (C=O) groups is 1. The Kier molecular flexibility index (Phi) is 5.99. The predicted molar refractivity (Wildman–Crippen MR) is 116 cm³/mol. The molecule has 2 aromatic carbocycles. The Balaban J connectivity index is 1.49. The molecule has 2 unspecified atom stereocenters. The topological polar surface area (TPSA) is 66.5 Å². The van der Waals surface area contributed by atoms with Gasteiger partial charge in [-0.2, -0.15) is 4.31 Å². The van der Waals surface area contributed by atoms with Crippen LogP contribution in [0.2, 0.25) is 0 Å². The molecule has 29 heavy (non-hydrogen) atoms. The first kappa shape index (κ1) is 20.4. The molecule has 154 valence electrons. The van der Waals surface area contributed by atoms with Gasteiger partial charge < -0.3 is 5.32 Å². The van der Waals surface area contributed by atoms with Crippen LogP contribution < -0.4 is 5.32 Å². The molecule has 1 amide bonds. The summed E-state index contributed by atoms with van der Waals surface area (Å²) in [5.41, 5.74) is 1.63. The number of amides is 1. The highest BCUT2D eigenvalue weighted by Gasteiger charge is 2.31. The van der Waals surface area contributed by atoms with Gasteiger partial charge in [0.2, 0.25) is 10.0 Å². The van der Waals surface area contributed by atoms with E-state index in [1.54, 1.807) is 28.6 Å². The number of benzene rings is 2.